The number of anilines is 1. The van der Waals surface area contributed by atoms with Crippen molar-refractivity contribution in [2.75, 3.05) is 25.5 Å². The number of pyridine rings is 1. The lowest BCUT2D eigenvalue weighted by atomic mass is 9.89. The van der Waals surface area contributed by atoms with E-state index in [0.717, 1.165) is 24.2 Å². The highest BCUT2D eigenvalue weighted by Gasteiger charge is 2.25. The molecule has 1 saturated heterocycles. The molecule has 4 rings (SSSR count). The number of benzene rings is 2. The predicted molar refractivity (Wildman–Crippen MR) is 134 cm³/mol. The number of nitrogens with one attached hydrogen (secondary N) is 1. The third-order valence-corrected chi connectivity index (χ3v) is 6.48. The number of carbonyl (C=O) groups is 2. The molecule has 2 amide bonds. The monoisotopic (exact) mass is 477 g/mol. The minimum Gasteiger partial charge on any atom is -0.497 e. The largest absolute Gasteiger partial charge is 0.497 e. The van der Waals surface area contributed by atoms with Gasteiger partial charge in [0.25, 0.3) is 11.8 Å². The van der Waals surface area contributed by atoms with Gasteiger partial charge in [0.15, 0.2) is 0 Å². The molecule has 0 saturated carbocycles. The first-order chi connectivity index (χ1) is 16.3. The predicted octanol–water partition coefficient (Wildman–Crippen LogP) is 5.63. The van der Waals surface area contributed by atoms with Gasteiger partial charge in [-0.15, -0.1) is 0 Å². The van der Waals surface area contributed by atoms with Crippen LogP contribution in [0.3, 0.4) is 0 Å². The van der Waals surface area contributed by atoms with Gasteiger partial charge < -0.3 is 15.0 Å². The van der Waals surface area contributed by atoms with Gasteiger partial charge in [0.2, 0.25) is 0 Å². The lowest BCUT2D eigenvalue weighted by molar-refractivity contribution is 0.0712. The Morgan fingerprint density at radius 1 is 1.00 bits per heavy atom. The van der Waals surface area contributed by atoms with Crippen molar-refractivity contribution in [3.05, 3.63) is 87.7 Å². The van der Waals surface area contributed by atoms with E-state index in [1.165, 1.54) is 11.6 Å². The second kappa shape index (κ2) is 10.3. The second-order valence-electron chi connectivity index (χ2n) is 8.64. The number of rotatable bonds is 5. The van der Waals surface area contributed by atoms with E-state index < -0.39 is 0 Å². The number of likely N-dealkylation sites (tertiary alicyclic amines) is 1. The molecule has 6 nitrogen and oxygen atoms in total. The van der Waals surface area contributed by atoms with Gasteiger partial charge in [0.1, 0.15) is 10.9 Å². The van der Waals surface area contributed by atoms with Gasteiger partial charge in [0, 0.05) is 35.6 Å². The molecule has 3 aromatic rings. The Bertz CT molecular complexity index is 1180. The minimum atomic E-state index is -0.291. The van der Waals surface area contributed by atoms with Crippen molar-refractivity contribution in [2.24, 2.45) is 0 Å². The first kappa shape index (κ1) is 23.8. The summed E-state index contributed by atoms with van der Waals surface area (Å²) in [6.45, 7) is 5.07. The average Bonchev–Trinajstić information content (AvgIpc) is 2.84. The van der Waals surface area contributed by atoms with Crippen molar-refractivity contribution in [3.8, 4) is 5.75 Å². The quantitative estimate of drug-likeness (QED) is 0.483. The fraction of sp³-hybridized carbons (Fsp3) is 0.296. The number of amides is 2. The molecule has 1 aliphatic heterocycles. The van der Waals surface area contributed by atoms with Gasteiger partial charge in [-0.05, 0) is 80.1 Å². The smallest absolute Gasteiger partial charge is 0.255 e. The van der Waals surface area contributed by atoms with Gasteiger partial charge in [-0.1, -0.05) is 29.8 Å². The highest BCUT2D eigenvalue weighted by molar-refractivity contribution is 6.29. The SMILES string of the molecule is COc1ccc(C2CCN(C(=O)c3ccc(C)c(NC(=O)c4cc(C)nc(Cl)c4)c3)CC2)cc1. The van der Waals surface area contributed by atoms with Crippen molar-refractivity contribution in [3.63, 3.8) is 0 Å². The van der Waals surface area contributed by atoms with Crippen LogP contribution < -0.4 is 10.1 Å². The Kier molecular flexibility index (Phi) is 7.17. The van der Waals surface area contributed by atoms with Crippen LogP contribution in [-0.4, -0.2) is 41.9 Å². The Morgan fingerprint density at radius 3 is 2.35 bits per heavy atom. The van der Waals surface area contributed by atoms with Crippen LogP contribution in [0.5, 0.6) is 5.75 Å². The third-order valence-electron chi connectivity index (χ3n) is 6.29. The number of aromatic nitrogens is 1. The van der Waals surface area contributed by atoms with Crippen LogP contribution in [0.1, 0.15) is 56.3 Å². The number of halogens is 1. The number of nitrogens with zero attached hydrogens (tertiary/aromatic N) is 2. The molecule has 2 aromatic carbocycles. The number of carbonyl (C=O) groups excluding carboxylic acids is 2. The number of ether oxygens (including phenoxy) is 1. The highest BCUT2D eigenvalue weighted by atomic mass is 35.5. The summed E-state index contributed by atoms with van der Waals surface area (Å²) in [7, 11) is 1.66. The highest BCUT2D eigenvalue weighted by Crippen LogP contribution is 2.30. The molecule has 2 heterocycles. The molecule has 0 atom stereocenters. The molecule has 1 fully saturated rings. The zero-order valence-electron chi connectivity index (χ0n) is 19.6. The van der Waals surface area contributed by atoms with Crippen molar-refractivity contribution >= 4 is 29.1 Å². The van der Waals surface area contributed by atoms with Crippen LogP contribution in [0.2, 0.25) is 5.15 Å². The van der Waals surface area contributed by atoms with Crippen LogP contribution in [0.25, 0.3) is 0 Å². The zero-order chi connectivity index (χ0) is 24.2. The van der Waals surface area contributed by atoms with Gasteiger partial charge in [-0.2, -0.15) is 0 Å². The van der Waals surface area contributed by atoms with Crippen LogP contribution in [-0.2, 0) is 0 Å². The van der Waals surface area contributed by atoms with Gasteiger partial charge in [-0.25, -0.2) is 4.98 Å². The number of piperidine rings is 1. The number of hydrogen-bond donors (Lipinski definition) is 1. The zero-order valence-corrected chi connectivity index (χ0v) is 20.4. The molecular formula is C27H28ClN3O3. The topological polar surface area (TPSA) is 71.5 Å². The second-order valence-corrected chi connectivity index (χ2v) is 9.03. The van der Waals surface area contributed by atoms with Crippen molar-refractivity contribution in [2.45, 2.75) is 32.6 Å². The molecule has 0 radical (unpaired) electrons. The van der Waals surface area contributed by atoms with E-state index in [1.54, 1.807) is 26.2 Å². The normalized spacial score (nSPS) is 14.1. The fourth-order valence-electron chi connectivity index (χ4n) is 4.32. The maximum absolute atomic E-state index is 13.2. The summed E-state index contributed by atoms with van der Waals surface area (Å²) in [6.07, 6.45) is 1.82. The number of aryl methyl sites for hydroxylation is 2. The molecule has 1 N–H and O–H groups in total. The first-order valence-corrected chi connectivity index (χ1v) is 11.7. The summed E-state index contributed by atoms with van der Waals surface area (Å²) in [6, 6.07) is 16.8. The molecular weight excluding hydrogens is 450 g/mol. The van der Waals surface area contributed by atoms with E-state index in [1.807, 2.05) is 36.1 Å². The summed E-state index contributed by atoms with van der Waals surface area (Å²) >= 11 is 6.00. The summed E-state index contributed by atoms with van der Waals surface area (Å²) < 4.78 is 5.24. The van der Waals surface area contributed by atoms with E-state index in [2.05, 4.69) is 22.4 Å². The molecule has 0 bridgehead atoms. The minimum absolute atomic E-state index is 0.0218. The third kappa shape index (κ3) is 5.39. The van der Waals surface area contributed by atoms with Crippen molar-refractivity contribution < 1.29 is 14.3 Å². The van der Waals surface area contributed by atoms with Crippen molar-refractivity contribution in [1.29, 1.82) is 0 Å². The molecule has 176 valence electrons. The molecule has 7 heteroatoms. The van der Waals surface area contributed by atoms with Crippen LogP contribution in [0, 0.1) is 13.8 Å². The Morgan fingerprint density at radius 2 is 1.71 bits per heavy atom. The van der Waals surface area contributed by atoms with Gasteiger partial charge >= 0.3 is 0 Å². The summed E-state index contributed by atoms with van der Waals surface area (Å²) in [4.78, 5) is 32.0. The maximum atomic E-state index is 13.2. The Balaban J connectivity index is 1.43. The van der Waals surface area contributed by atoms with Crippen LogP contribution in [0.15, 0.2) is 54.6 Å². The summed E-state index contributed by atoms with van der Waals surface area (Å²) in [5.41, 5.74) is 4.41. The van der Waals surface area contributed by atoms with Gasteiger partial charge in [-0.3, -0.25) is 9.59 Å². The number of methoxy groups -OCH3 is 1. The molecule has 1 aliphatic rings. The van der Waals surface area contributed by atoms with E-state index in [-0.39, 0.29) is 17.0 Å². The molecule has 0 aliphatic carbocycles. The Labute approximate surface area is 204 Å². The average molecular weight is 478 g/mol. The lowest BCUT2D eigenvalue weighted by Crippen LogP contribution is -2.38. The van der Waals surface area contributed by atoms with Gasteiger partial charge in [0.05, 0.1) is 7.11 Å². The molecule has 34 heavy (non-hydrogen) atoms. The standard InChI is InChI=1S/C27H28ClN3O3/c1-17-4-5-21(15-24(17)30-26(32)22-14-18(2)29-25(28)16-22)27(33)31-12-10-20(11-13-31)19-6-8-23(34-3)9-7-19/h4-9,14-16,20H,10-13H2,1-3H3,(H,30,32). The Hall–Kier alpha value is -3.38. The van der Waals surface area contributed by atoms with E-state index in [9.17, 15) is 9.59 Å². The molecule has 1 aromatic heterocycles. The van der Waals surface area contributed by atoms with E-state index >= 15 is 0 Å². The molecule has 0 spiro atoms. The van der Waals surface area contributed by atoms with E-state index in [0.29, 0.717) is 41.5 Å². The molecule has 0 unspecified atom stereocenters. The van der Waals surface area contributed by atoms with Crippen LogP contribution >= 0.6 is 11.6 Å². The lowest BCUT2D eigenvalue weighted by Gasteiger charge is -2.32. The summed E-state index contributed by atoms with van der Waals surface area (Å²) in [5, 5.41) is 3.18. The van der Waals surface area contributed by atoms with Crippen molar-refractivity contribution in [1.82, 2.24) is 9.88 Å². The summed E-state index contributed by atoms with van der Waals surface area (Å²) in [5.74, 6) is 0.964. The first-order valence-electron chi connectivity index (χ1n) is 11.3. The van der Waals surface area contributed by atoms with Crippen LogP contribution in [0.4, 0.5) is 5.69 Å². The fourth-order valence-corrected chi connectivity index (χ4v) is 4.57. The van der Waals surface area contributed by atoms with E-state index in [4.69, 9.17) is 16.3 Å². The number of hydrogen-bond acceptors (Lipinski definition) is 4. The maximum Gasteiger partial charge on any atom is 0.255 e.